The molecule has 1 N–H and O–H groups in total. The van der Waals surface area contributed by atoms with Gasteiger partial charge in [0, 0.05) is 26.7 Å². The molecular formula is C17H28N2O6S. The molecule has 1 rings (SSSR count). The molecule has 0 saturated heterocycles. The average molecular weight is 388 g/mol. The molecule has 0 aliphatic heterocycles. The number of carbonyl (C=O) groups excluding carboxylic acids is 1. The SMILES string of the molecule is CCCCNC(=O)N(CCOC)Cc1ccc(OC)c(OS(C)(=O)=O)c1. The molecule has 0 saturated carbocycles. The third kappa shape index (κ3) is 7.92. The molecule has 0 radical (unpaired) electrons. The Balaban J connectivity index is 2.94. The lowest BCUT2D eigenvalue weighted by atomic mass is 10.2. The minimum Gasteiger partial charge on any atom is -0.493 e. The number of unbranched alkanes of at least 4 members (excludes halogenated alkanes) is 1. The van der Waals surface area contributed by atoms with Crippen LogP contribution in [0.5, 0.6) is 11.5 Å². The van der Waals surface area contributed by atoms with E-state index >= 15 is 0 Å². The van der Waals surface area contributed by atoms with Crippen LogP contribution in [-0.2, 0) is 21.4 Å². The Kier molecular flexibility index (Phi) is 9.22. The maximum absolute atomic E-state index is 12.4. The van der Waals surface area contributed by atoms with E-state index in [0.29, 0.717) is 31.0 Å². The predicted octanol–water partition coefficient (Wildman–Crippen LogP) is 1.99. The number of carbonyl (C=O) groups is 1. The number of methoxy groups -OCH3 is 2. The Morgan fingerprint density at radius 1 is 1.23 bits per heavy atom. The van der Waals surface area contributed by atoms with Gasteiger partial charge >= 0.3 is 16.1 Å². The molecule has 2 amide bonds. The van der Waals surface area contributed by atoms with Crippen molar-refractivity contribution >= 4 is 16.1 Å². The van der Waals surface area contributed by atoms with E-state index in [0.717, 1.165) is 19.1 Å². The summed E-state index contributed by atoms with van der Waals surface area (Å²) >= 11 is 0. The second-order valence-corrected chi connectivity index (χ2v) is 7.35. The van der Waals surface area contributed by atoms with Crippen molar-refractivity contribution in [2.45, 2.75) is 26.3 Å². The number of rotatable bonds is 11. The van der Waals surface area contributed by atoms with Crippen LogP contribution in [0, 0.1) is 0 Å². The monoisotopic (exact) mass is 388 g/mol. The van der Waals surface area contributed by atoms with E-state index in [1.54, 1.807) is 30.2 Å². The smallest absolute Gasteiger partial charge is 0.317 e. The van der Waals surface area contributed by atoms with Crippen molar-refractivity contribution in [1.29, 1.82) is 0 Å². The molecule has 0 unspecified atom stereocenters. The molecule has 148 valence electrons. The second-order valence-electron chi connectivity index (χ2n) is 5.77. The van der Waals surface area contributed by atoms with Gasteiger partial charge in [-0.2, -0.15) is 8.42 Å². The standard InChI is InChI=1S/C17H28N2O6S/c1-5-6-9-18-17(20)19(10-11-23-2)13-14-7-8-15(24-3)16(12-14)25-26(4,21)22/h7-8,12H,5-6,9-11,13H2,1-4H3,(H,18,20). The Morgan fingerprint density at radius 2 is 1.96 bits per heavy atom. The molecule has 0 aromatic heterocycles. The highest BCUT2D eigenvalue weighted by Crippen LogP contribution is 2.29. The van der Waals surface area contributed by atoms with Crippen LogP contribution in [-0.4, -0.2) is 59.5 Å². The molecule has 0 atom stereocenters. The number of hydrogen-bond donors (Lipinski definition) is 1. The Hall–Kier alpha value is -2.00. The molecule has 0 heterocycles. The Morgan fingerprint density at radius 3 is 2.54 bits per heavy atom. The van der Waals surface area contributed by atoms with Gasteiger partial charge in [-0.25, -0.2) is 4.79 Å². The third-order valence-electron chi connectivity index (χ3n) is 3.50. The molecule has 9 heteroatoms. The summed E-state index contributed by atoms with van der Waals surface area (Å²) in [4.78, 5) is 14.0. The van der Waals surface area contributed by atoms with Crippen LogP contribution in [0.3, 0.4) is 0 Å². The number of ether oxygens (including phenoxy) is 2. The van der Waals surface area contributed by atoms with Crippen molar-refractivity contribution in [2.75, 3.05) is 40.2 Å². The summed E-state index contributed by atoms with van der Waals surface area (Å²) in [5.41, 5.74) is 0.714. The summed E-state index contributed by atoms with van der Waals surface area (Å²) < 4.78 is 38.0. The minimum absolute atomic E-state index is 0.0885. The van der Waals surface area contributed by atoms with E-state index in [2.05, 4.69) is 12.2 Å². The van der Waals surface area contributed by atoms with Crippen LogP contribution in [0.2, 0.25) is 0 Å². The molecule has 0 aliphatic carbocycles. The molecular weight excluding hydrogens is 360 g/mol. The van der Waals surface area contributed by atoms with Crippen molar-refractivity contribution in [3.8, 4) is 11.5 Å². The quantitative estimate of drug-likeness (QED) is 0.460. The lowest BCUT2D eigenvalue weighted by Gasteiger charge is -2.23. The van der Waals surface area contributed by atoms with Gasteiger partial charge in [0.05, 0.1) is 20.0 Å². The molecule has 1 aromatic rings. The van der Waals surface area contributed by atoms with E-state index < -0.39 is 10.1 Å². The van der Waals surface area contributed by atoms with Crippen molar-refractivity contribution < 1.29 is 26.9 Å². The second kappa shape index (κ2) is 10.9. The zero-order valence-corrected chi connectivity index (χ0v) is 16.6. The van der Waals surface area contributed by atoms with E-state index in [-0.39, 0.29) is 18.3 Å². The Labute approximate surface area is 155 Å². The van der Waals surface area contributed by atoms with Gasteiger partial charge in [0.1, 0.15) is 0 Å². The topological polar surface area (TPSA) is 94.2 Å². The van der Waals surface area contributed by atoms with Crippen LogP contribution in [0.25, 0.3) is 0 Å². The number of nitrogens with one attached hydrogen (secondary N) is 1. The zero-order valence-electron chi connectivity index (χ0n) is 15.8. The van der Waals surface area contributed by atoms with E-state index in [4.69, 9.17) is 13.7 Å². The fourth-order valence-corrected chi connectivity index (χ4v) is 2.66. The van der Waals surface area contributed by atoms with Crippen LogP contribution in [0.4, 0.5) is 4.79 Å². The van der Waals surface area contributed by atoms with E-state index in [9.17, 15) is 13.2 Å². The van der Waals surface area contributed by atoms with E-state index in [1.165, 1.54) is 7.11 Å². The summed E-state index contributed by atoms with van der Waals surface area (Å²) in [6.45, 7) is 3.73. The highest BCUT2D eigenvalue weighted by Gasteiger charge is 2.16. The van der Waals surface area contributed by atoms with Crippen molar-refractivity contribution in [1.82, 2.24) is 10.2 Å². The lowest BCUT2D eigenvalue weighted by molar-refractivity contribution is 0.146. The van der Waals surface area contributed by atoms with Gasteiger partial charge in [0.2, 0.25) is 0 Å². The van der Waals surface area contributed by atoms with Crippen LogP contribution in [0.15, 0.2) is 18.2 Å². The number of amides is 2. The van der Waals surface area contributed by atoms with Gasteiger partial charge < -0.3 is 23.9 Å². The number of hydrogen-bond acceptors (Lipinski definition) is 6. The highest BCUT2D eigenvalue weighted by molar-refractivity contribution is 7.86. The molecule has 0 bridgehead atoms. The van der Waals surface area contributed by atoms with Gasteiger partial charge in [0.25, 0.3) is 0 Å². The summed E-state index contributed by atoms with van der Waals surface area (Å²) in [5, 5.41) is 2.87. The molecule has 0 aliphatic rings. The number of benzene rings is 1. The van der Waals surface area contributed by atoms with Crippen LogP contribution >= 0.6 is 0 Å². The van der Waals surface area contributed by atoms with Gasteiger partial charge in [-0.05, 0) is 24.1 Å². The summed E-state index contributed by atoms with van der Waals surface area (Å²) in [6.07, 6.45) is 2.85. The highest BCUT2D eigenvalue weighted by atomic mass is 32.2. The first-order chi connectivity index (χ1) is 12.3. The molecule has 1 aromatic carbocycles. The lowest BCUT2D eigenvalue weighted by Crippen LogP contribution is -2.41. The van der Waals surface area contributed by atoms with Crippen LogP contribution in [0.1, 0.15) is 25.3 Å². The Bertz CT molecular complexity index is 678. The molecule has 8 nitrogen and oxygen atoms in total. The number of urea groups is 1. The zero-order chi connectivity index (χ0) is 19.6. The summed E-state index contributed by atoms with van der Waals surface area (Å²) in [6, 6.07) is 4.72. The predicted molar refractivity (Wildman–Crippen MR) is 99.1 cm³/mol. The summed E-state index contributed by atoms with van der Waals surface area (Å²) in [5.74, 6) is 0.389. The fraction of sp³-hybridized carbons (Fsp3) is 0.588. The summed E-state index contributed by atoms with van der Waals surface area (Å²) in [7, 11) is -0.698. The maximum Gasteiger partial charge on any atom is 0.317 e. The van der Waals surface area contributed by atoms with Gasteiger partial charge in [-0.1, -0.05) is 19.4 Å². The van der Waals surface area contributed by atoms with E-state index in [1.807, 2.05) is 0 Å². The largest absolute Gasteiger partial charge is 0.493 e. The first-order valence-corrected chi connectivity index (χ1v) is 10.2. The van der Waals surface area contributed by atoms with Crippen molar-refractivity contribution in [3.63, 3.8) is 0 Å². The average Bonchev–Trinajstić information content (AvgIpc) is 2.57. The fourth-order valence-electron chi connectivity index (χ4n) is 2.21. The van der Waals surface area contributed by atoms with Crippen molar-refractivity contribution in [2.24, 2.45) is 0 Å². The molecule has 26 heavy (non-hydrogen) atoms. The maximum atomic E-state index is 12.4. The van der Waals surface area contributed by atoms with Gasteiger partial charge in [0.15, 0.2) is 11.5 Å². The molecule has 0 spiro atoms. The first-order valence-electron chi connectivity index (χ1n) is 8.38. The molecule has 0 fully saturated rings. The van der Waals surface area contributed by atoms with Gasteiger partial charge in [-0.15, -0.1) is 0 Å². The van der Waals surface area contributed by atoms with Crippen molar-refractivity contribution in [3.05, 3.63) is 23.8 Å². The third-order valence-corrected chi connectivity index (χ3v) is 3.98. The normalized spacial score (nSPS) is 11.1. The number of nitrogens with zero attached hydrogens (tertiary/aromatic N) is 1. The van der Waals surface area contributed by atoms with Gasteiger partial charge in [-0.3, -0.25) is 0 Å². The first kappa shape index (κ1) is 22.0. The van der Waals surface area contributed by atoms with Crippen LogP contribution < -0.4 is 14.2 Å². The minimum atomic E-state index is -3.69.